The Morgan fingerprint density at radius 3 is 2.57 bits per heavy atom. The summed E-state index contributed by atoms with van der Waals surface area (Å²) in [5.74, 6) is 0. The number of rotatable bonds is 5. The Bertz CT molecular complexity index is 546. The minimum atomic E-state index is -3.46. The van der Waals surface area contributed by atoms with Gasteiger partial charge >= 0.3 is 0 Å². The van der Waals surface area contributed by atoms with Gasteiger partial charge in [0.05, 0.1) is 4.90 Å². The fourth-order valence-corrected chi connectivity index (χ4v) is 4.66. The van der Waals surface area contributed by atoms with Gasteiger partial charge in [-0.2, -0.15) is 4.31 Å². The molecule has 0 spiro atoms. The number of halogens is 2. The summed E-state index contributed by atoms with van der Waals surface area (Å²) in [6.07, 6.45) is 2.53. The molecular formula is C14H22Cl2N2O2S. The summed E-state index contributed by atoms with van der Waals surface area (Å²) in [5.41, 5.74) is 0. The smallest absolute Gasteiger partial charge is 0.243 e. The Kier molecular flexibility index (Phi) is 7.44. The van der Waals surface area contributed by atoms with Crippen molar-refractivity contribution in [2.24, 2.45) is 0 Å². The SMILES string of the molecule is CCCN(C1CCNCC1)S(=O)(=O)c1cccc(Cl)c1.Cl. The highest BCUT2D eigenvalue weighted by Crippen LogP contribution is 2.24. The molecule has 0 amide bonds. The molecule has 7 heteroatoms. The van der Waals surface area contributed by atoms with Crippen LogP contribution in [0.25, 0.3) is 0 Å². The van der Waals surface area contributed by atoms with Crippen LogP contribution in [0.3, 0.4) is 0 Å². The number of benzene rings is 1. The number of nitrogens with zero attached hydrogens (tertiary/aromatic N) is 1. The summed E-state index contributed by atoms with van der Waals surface area (Å²) in [6.45, 7) is 4.30. The van der Waals surface area contributed by atoms with Gasteiger partial charge in [-0.05, 0) is 50.6 Å². The van der Waals surface area contributed by atoms with E-state index < -0.39 is 10.0 Å². The average molecular weight is 353 g/mol. The Balaban J connectivity index is 0.00000220. The molecule has 0 saturated carbocycles. The Morgan fingerprint density at radius 1 is 1.33 bits per heavy atom. The molecule has 1 aliphatic heterocycles. The van der Waals surface area contributed by atoms with Crippen molar-refractivity contribution in [3.05, 3.63) is 29.3 Å². The van der Waals surface area contributed by atoms with Gasteiger partial charge in [-0.15, -0.1) is 12.4 Å². The van der Waals surface area contributed by atoms with E-state index in [1.165, 1.54) is 6.07 Å². The number of nitrogens with one attached hydrogen (secondary N) is 1. The monoisotopic (exact) mass is 352 g/mol. The van der Waals surface area contributed by atoms with Gasteiger partial charge in [0.15, 0.2) is 0 Å². The van der Waals surface area contributed by atoms with Gasteiger partial charge in [0, 0.05) is 17.6 Å². The number of hydrogen-bond acceptors (Lipinski definition) is 3. The fraction of sp³-hybridized carbons (Fsp3) is 0.571. The minimum Gasteiger partial charge on any atom is -0.317 e. The molecule has 0 aromatic heterocycles. The zero-order chi connectivity index (χ0) is 14.6. The lowest BCUT2D eigenvalue weighted by molar-refractivity contribution is 0.262. The van der Waals surface area contributed by atoms with Gasteiger partial charge in [-0.25, -0.2) is 8.42 Å². The first kappa shape index (κ1) is 18.7. The molecule has 4 nitrogen and oxygen atoms in total. The molecule has 1 N–H and O–H groups in total. The van der Waals surface area contributed by atoms with E-state index in [9.17, 15) is 8.42 Å². The second-order valence-electron chi connectivity index (χ2n) is 5.05. The van der Waals surface area contributed by atoms with Crippen LogP contribution in [0.2, 0.25) is 5.02 Å². The summed E-state index contributed by atoms with van der Waals surface area (Å²) >= 11 is 5.93. The maximum Gasteiger partial charge on any atom is 0.243 e. The molecule has 0 radical (unpaired) electrons. The first-order chi connectivity index (χ1) is 9.55. The number of piperidine rings is 1. The van der Waals surface area contributed by atoms with Crippen molar-refractivity contribution in [1.29, 1.82) is 0 Å². The third-order valence-electron chi connectivity index (χ3n) is 3.56. The Morgan fingerprint density at radius 2 is 2.00 bits per heavy atom. The zero-order valence-electron chi connectivity index (χ0n) is 12.1. The van der Waals surface area contributed by atoms with Gasteiger partial charge in [-0.1, -0.05) is 24.6 Å². The highest BCUT2D eigenvalue weighted by molar-refractivity contribution is 7.89. The molecule has 2 rings (SSSR count). The molecule has 1 saturated heterocycles. The lowest BCUT2D eigenvalue weighted by Gasteiger charge is -2.33. The van der Waals surface area contributed by atoms with Crippen LogP contribution in [0.15, 0.2) is 29.2 Å². The first-order valence-corrected chi connectivity index (χ1v) is 8.85. The molecular weight excluding hydrogens is 331 g/mol. The van der Waals surface area contributed by atoms with E-state index in [0.717, 1.165) is 32.4 Å². The van der Waals surface area contributed by atoms with Gasteiger partial charge in [0.1, 0.15) is 0 Å². The van der Waals surface area contributed by atoms with Gasteiger partial charge in [0.2, 0.25) is 10.0 Å². The van der Waals surface area contributed by atoms with E-state index in [0.29, 0.717) is 11.6 Å². The van der Waals surface area contributed by atoms with Crippen LogP contribution in [-0.4, -0.2) is 38.4 Å². The van der Waals surface area contributed by atoms with Crippen LogP contribution in [0.4, 0.5) is 0 Å². The van der Waals surface area contributed by atoms with E-state index in [2.05, 4.69) is 5.32 Å². The molecule has 1 heterocycles. The van der Waals surface area contributed by atoms with Crippen molar-refractivity contribution in [2.45, 2.75) is 37.1 Å². The molecule has 1 aromatic rings. The van der Waals surface area contributed by atoms with E-state index in [4.69, 9.17) is 11.6 Å². The zero-order valence-corrected chi connectivity index (χ0v) is 14.5. The molecule has 21 heavy (non-hydrogen) atoms. The Hall–Kier alpha value is -0.330. The lowest BCUT2D eigenvalue weighted by Crippen LogP contribution is -2.46. The predicted octanol–water partition coefficient (Wildman–Crippen LogP) is 2.91. The maximum atomic E-state index is 12.8. The van der Waals surface area contributed by atoms with Crippen molar-refractivity contribution in [3.63, 3.8) is 0 Å². The van der Waals surface area contributed by atoms with E-state index in [-0.39, 0.29) is 23.3 Å². The first-order valence-electron chi connectivity index (χ1n) is 7.04. The topological polar surface area (TPSA) is 49.4 Å². The van der Waals surface area contributed by atoms with E-state index in [1.54, 1.807) is 22.5 Å². The second kappa shape index (κ2) is 8.34. The number of hydrogen-bond donors (Lipinski definition) is 1. The molecule has 1 aliphatic rings. The fourth-order valence-electron chi connectivity index (χ4n) is 2.58. The van der Waals surface area contributed by atoms with Crippen molar-refractivity contribution < 1.29 is 8.42 Å². The highest BCUT2D eigenvalue weighted by Gasteiger charge is 2.31. The van der Waals surface area contributed by atoms with Crippen molar-refractivity contribution in [3.8, 4) is 0 Å². The summed E-state index contributed by atoms with van der Waals surface area (Å²) < 4.78 is 27.3. The second-order valence-corrected chi connectivity index (χ2v) is 7.38. The quantitative estimate of drug-likeness (QED) is 0.886. The molecule has 0 aliphatic carbocycles. The molecule has 1 fully saturated rings. The largest absolute Gasteiger partial charge is 0.317 e. The third kappa shape index (κ3) is 4.57. The molecule has 0 atom stereocenters. The Labute approximate surface area is 138 Å². The minimum absolute atomic E-state index is 0. The van der Waals surface area contributed by atoms with Crippen LogP contribution in [-0.2, 0) is 10.0 Å². The van der Waals surface area contributed by atoms with Gasteiger partial charge in [-0.3, -0.25) is 0 Å². The van der Waals surface area contributed by atoms with Crippen molar-refractivity contribution in [2.75, 3.05) is 19.6 Å². The van der Waals surface area contributed by atoms with Crippen LogP contribution in [0.1, 0.15) is 26.2 Å². The molecule has 120 valence electrons. The summed E-state index contributed by atoms with van der Waals surface area (Å²) in [7, 11) is -3.46. The van der Waals surface area contributed by atoms with Crippen molar-refractivity contribution in [1.82, 2.24) is 9.62 Å². The molecule has 0 unspecified atom stereocenters. The van der Waals surface area contributed by atoms with Gasteiger partial charge in [0.25, 0.3) is 0 Å². The van der Waals surface area contributed by atoms with Crippen LogP contribution in [0, 0.1) is 0 Å². The molecule has 1 aromatic carbocycles. The third-order valence-corrected chi connectivity index (χ3v) is 5.75. The molecule has 0 bridgehead atoms. The normalized spacial score (nSPS) is 16.7. The number of sulfonamides is 1. The van der Waals surface area contributed by atoms with Crippen molar-refractivity contribution >= 4 is 34.0 Å². The van der Waals surface area contributed by atoms with Crippen LogP contribution < -0.4 is 5.32 Å². The summed E-state index contributed by atoms with van der Waals surface area (Å²) in [5, 5.41) is 3.72. The predicted molar refractivity (Wildman–Crippen MR) is 88.8 cm³/mol. The standard InChI is InChI=1S/C14H21ClN2O2S.ClH/c1-2-10-17(13-6-8-16-9-7-13)20(18,19)14-5-3-4-12(15)11-14;/h3-5,11,13,16H,2,6-10H2,1H3;1H. The highest BCUT2D eigenvalue weighted by atomic mass is 35.5. The maximum absolute atomic E-state index is 12.8. The summed E-state index contributed by atoms with van der Waals surface area (Å²) in [6, 6.07) is 6.60. The summed E-state index contributed by atoms with van der Waals surface area (Å²) in [4.78, 5) is 0.289. The van der Waals surface area contributed by atoms with Crippen LogP contribution >= 0.6 is 24.0 Å². The lowest BCUT2D eigenvalue weighted by atomic mass is 10.1. The van der Waals surface area contributed by atoms with Gasteiger partial charge < -0.3 is 5.32 Å². The van der Waals surface area contributed by atoms with E-state index >= 15 is 0 Å². The average Bonchev–Trinajstić information content (AvgIpc) is 2.45. The van der Waals surface area contributed by atoms with E-state index in [1.807, 2.05) is 6.92 Å². The van der Waals surface area contributed by atoms with Crippen LogP contribution in [0.5, 0.6) is 0 Å².